The van der Waals surface area contributed by atoms with Gasteiger partial charge in [0.1, 0.15) is 0 Å². The molecule has 3 aromatic carbocycles. The second-order valence-corrected chi connectivity index (χ2v) is 10.5. The highest BCUT2D eigenvalue weighted by Crippen LogP contribution is 2.32. The van der Waals surface area contributed by atoms with E-state index < -0.39 is 10.0 Å². The maximum Gasteiger partial charge on any atom is 0.208 e. The van der Waals surface area contributed by atoms with Crippen molar-refractivity contribution in [3.8, 4) is 5.88 Å². The number of halogens is 1. The molecular weight excluding hydrogens is 484 g/mol. The van der Waals surface area contributed by atoms with Gasteiger partial charge in [0.2, 0.25) is 10.0 Å². The lowest BCUT2D eigenvalue weighted by Crippen LogP contribution is -2.26. The number of benzene rings is 3. The summed E-state index contributed by atoms with van der Waals surface area (Å²) in [7, 11) is -3.15. The van der Waals surface area contributed by atoms with Gasteiger partial charge in [-0.3, -0.25) is 0 Å². The second kappa shape index (κ2) is 11.0. The van der Waals surface area contributed by atoms with E-state index in [4.69, 9.17) is 16.6 Å². The van der Waals surface area contributed by atoms with Crippen molar-refractivity contribution in [3.05, 3.63) is 94.5 Å². The van der Waals surface area contributed by atoms with Crippen LogP contribution >= 0.6 is 11.6 Å². The van der Waals surface area contributed by atoms with Crippen LogP contribution in [0.4, 0.5) is 5.69 Å². The number of hydrogen-bond acceptors (Lipinski definition) is 5. The SMILES string of the molecule is CS(=O)(=O)NCCCNCc1ccc(N=C(c2ccccc2)c2c(O)[nH]c3cc(Cl)ccc23)cc1. The number of H-pyrrole nitrogens is 1. The molecule has 0 atom stereocenters. The fourth-order valence-corrected chi connectivity index (χ4v) is 4.46. The van der Waals surface area contributed by atoms with Crippen molar-refractivity contribution in [1.29, 1.82) is 0 Å². The monoisotopic (exact) mass is 510 g/mol. The van der Waals surface area contributed by atoms with E-state index in [9.17, 15) is 13.5 Å². The first-order valence-electron chi connectivity index (χ1n) is 11.2. The van der Waals surface area contributed by atoms with Gasteiger partial charge in [0.05, 0.1) is 28.7 Å². The lowest BCUT2D eigenvalue weighted by atomic mass is 10.0. The van der Waals surface area contributed by atoms with Gasteiger partial charge in [0.15, 0.2) is 5.88 Å². The molecule has 7 nitrogen and oxygen atoms in total. The predicted molar refractivity (Wildman–Crippen MR) is 142 cm³/mol. The number of aromatic hydroxyl groups is 1. The van der Waals surface area contributed by atoms with E-state index in [0.717, 1.165) is 34.0 Å². The topological polar surface area (TPSA) is 107 Å². The zero-order chi connectivity index (χ0) is 24.8. The Balaban J connectivity index is 1.54. The minimum absolute atomic E-state index is 0.0380. The molecule has 0 aliphatic carbocycles. The van der Waals surface area contributed by atoms with Crippen LogP contribution < -0.4 is 10.0 Å². The highest BCUT2D eigenvalue weighted by atomic mass is 35.5. The van der Waals surface area contributed by atoms with Crippen LogP contribution in [-0.4, -0.2) is 43.6 Å². The van der Waals surface area contributed by atoms with Crippen molar-refractivity contribution in [1.82, 2.24) is 15.0 Å². The van der Waals surface area contributed by atoms with Gasteiger partial charge >= 0.3 is 0 Å². The van der Waals surface area contributed by atoms with E-state index in [1.807, 2.05) is 60.7 Å². The maximum atomic E-state index is 11.1. The summed E-state index contributed by atoms with van der Waals surface area (Å²) < 4.78 is 24.7. The van der Waals surface area contributed by atoms with E-state index in [-0.39, 0.29) is 5.88 Å². The second-order valence-electron chi connectivity index (χ2n) is 8.23. The maximum absolute atomic E-state index is 11.1. The number of aromatic nitrogens is 1. The molecule has 4 N–H and O–H groups in total. The van der Waals surface area contributed by atoms with E-state index in [1.165, 1.54) is 0 Å². The Labute approximate surface area is 209 Å². The lowest BCUT2D eigenvalue weighted by molar-refractivity contribution is 0.457. The molecular formula is C26H27ClN4O3S. The Hall–Kier alpha value is -3.17. The van der Waals surface area contributed by atoms with Gasteiger partial charge in [-0.1, -0.05) is 60.1 Å². The molecule has 0 radical (unpaired) electrons. The van der Waals surface area contributed by atoms with Gasteiger partial charge in [-0.25, -0.2) is 18.1 Å². The number of hydrogen-bond donors (Lipinski definition) is 4. The molecule has 4 rings (SSSR count). The van der Waals surface area contributed by atoms with Crippen LogP contribution in [0.2, 0.25) is 5.02 Å². The molecule has 0 saturated heterocycles. The van der Waals surface area contributed by atoms with Crippen molar-refractivity contribution in [2.24, 2.45) is 4.99 Å². The van der Waals surface area contributed by atoms with Gasteiger partial charge in [-0.2, -0.15) is 0 Å². The molecule has 9 heteroatoms. The van der Waals surface area contributed by atoms with E-state index in [0.29, 0.717) is 42.4 Å². The third-order valence-corrected chi connectivity index (χ3v) is 6.39. The van der Waals surface area contributed by atoms with E-state index in [1.54, 1.807) is 12.1 Å². The summed E-state index contributed by atoms with van der Waals surface area (Å²) in [5.74, 6) is 0.0380. The van der Waals surface area contributed by atoms with Crippen molar-refractivity contribution in [3.63, 3.8) is 0 Å². The van der Waals surface area contributed by atoms with Crippen molar-refractivity contribution < 1.29 is 13.5 Å². The molecule has 0 aliphatic heterocycles. The number of rotatable bonds is 10. The van der Waals surface area contributed by atoms with Crippen LogP contribution in [0.3, 0.4) is 0 Å². The van der Waals surface area contributed by atoms with Gasteiger partial charge in [0.25, 0.3) is 0 Å². The Morgan fingerprint density at radius 2 is 1.77 bits per heavy atom. The summed E-state index contributed by atoms with van der Waals surface area (Å²) >= 11 is 6.14. The molecule has 4 aromatic rings. The zero-order valence-corrected chi connectivity index (χ0v) is 20.8. The summed E-state index contributed by atoms with van der Waals surface area (Å²) in [6.07, 6.45) is 1.86. The predicted octanol–water partition coefficient (Wildman–Crippen LogP) is 4.72. The van der Waals surface area contributed by atoms with Gasteiger partial charge in [-0.15, -0.1) is 0 Å². The van der Waals surface area contributed by atoms with E-state index >= 15 is 0 Å². The Morgan fingerprint density at radius 3 is 2.49 bits per heavy atom. The van der Waals surface area contributed by atoms with Gasteiger partial charge in [-0.05, 0) is 42.8 Å². The average molecular weight is 511 g/mol. The molecule has 0 aliphatic rings. The average Bonchev–Trinajstić information content (AvgIpc) is 3.15. The third kappa shape index (κ3) is 6.70. The summed E-state index contributed by atoms with van der Waals surface area (Å²) in [5, 5.41) is 15.5. The fourth-order valence-electron chi connectivity index (χ4n) is 3.78. The van der Waals surface area contributed by atoms with Crippen LogP contribution in [0, 0.1) is 0 Å². The van der Waals surface area contributed by atoms with Crippen LogP contribution in [-0.2, 0) is 16.6 Å². The molecule has 0 unspecified atom stereocenters. The summed E-state index contributed by atoms with van der Waals surface area (Å²) in [4.78, 5) is 7.91. The minimum atomic E-state index is -3.15. The normalized spacial score (nSPS) is 12.3. The fraction of sp³-hybridized carbons (Fsp3) is 0.192. The Morgan fingerprint density at radius 1 is 1.03 bits per heavy atom. The first-order chi connectivity index (χ1) is 16.8. The highest BCUT2D eigenvalue weighted by molar-refractivity contribution is 7.88. The van der Waals surface area contributed by atoms with E-state index in [2.05, 4.69) is 15.0 Å². The quantitative estimate of drug-likeness (QED) is 0.183. The first kappa shape index (κ1) is 24.9. The number of aromatic amines is 1. The summed E-state index contributed by atoms with van der Waals surface area (Å²) in [5.41, 5.74) is 4.74. The highest BCUT2D eigenvalue weighted by Gasteiger charge is 2.18. The number of fused-ring (bicyclic) bond motifs is 1. The van der Waals surface area contributed by atoms with Crippen molar-refractivity contribution in [2.75, 3.05) is 19.3 Å². The number of nitrogens with zero attached hydrogens (tertiary/aromatic N) is 1. The summed E-state index contributed by atoms with van der Waals surface area (Å²) in [6, 6.07) is 23.1. The molecule has 35 heavy (non-hydrogen) atoms. The summed E-state index contributed by atoms with van der Waals surface area (Å²) in [6.45, 7) is 1.78. The third-order valence-electron chi connectivity index (χ3n) is 5.43. The molecule has 1 aromatic heterocycles. The minimum Gasteiger partial charge on any atom is -0.494 e. The molecule has 1 heterocycles. The Kier molecular flexibility index (Phi) is 7.87. The van der Waals surface area contributed by atoms with Gasteiger partial charge < -0.3 is 15.4 Å². The van der Waals surface area contributed by atoms with Crippen molar-refractivity contribution in [2.45, 2.75) is 13.0 Å². The molecule has 0 spiro atoms. The number of nitrogens with one attached hydrogen (secondary N) is 3. The largest absolute Gasteiger partial charge is 0.494 e. The van der Waals surface area contributed by atoms with Crippen molar-refractivity contribution >= 4 is 43.9 Å². The molecule has 0 fully saturated rings. The molecule has 0 bridgehead atoms. The van der Waals surface area contributed by atoms with Crippen LogP contribution in [0.25, 0.3) is 10.9 Å². The lowest BCUT2D eigenvalue weighted by Gasteiger charge is -2.09. The zero-order valence-electron chi connectivity index (χ0n) is 19.3. The van der Waals surface area contributed by atoms with Crippen LogP contribution in [0.5, 0.6) is 5.88 Å². The standard InChI is InChI=1S/C26H27ClN4O3S/c1-35(33,34)29-15-5-14-28-17-18-8-11-21(12-9-18)30-25(19-6-3-2-4-7-19)24-22-13-10-20(27)16-23(22)31-26(24)32/h2-4,6-13,16,28-29,31-32H,5,14-15,17H2,1H3. The molecule has 0 amide bonds. The number of aliphatic imine (C=N–C) groups is 1. The first-order valence-corrected chi connectivity index (χ1v) is 13.5. The van der Waals surface area contributed by atoms with Gasteiger partial charge in [0, 0.05) is 29.1 Å². The van der Waals surface area contributed by atoms with Crippen LogP contribution in [0.1, 0.15) is 23.1 Å². The molecule has 182 valence electrons. The molecule has 0 saturated carbocycles. The smallest absolute Gasteiger partial charge is 0.208 e. The number of sulfonamides is 1. The Bertz CT molecular complexity index is 1430. The van der Waals surface area contributed by atoms with Crippen LogP contribution in [0.15, 0.2) is 77.8 Å².